The maximum absolute atomic E-state index is 8.58. The Labute approximate surface area is 77.0 Å². The second kappa shape index (κ2) is 3.87. The molecule has 0 atom stereocenters. The van der Waals surface area contributed by atoms with Gasteiger partial charge in [0.2, 0.25) is 5.89 Å². The molecule has 0 unspecified atom stereocenters. The second-order valence-electron chi connectivity index (χ2n) is 3.50. The molecule has 0 radical (unpaired) electrons. The highest BCUT2D eigenvalue weighted by Gasteiger charge is 2.28. The summed E-state index contributed by atoms with van der Waals surface area (Å²) in [5.41, 5.74) is 0. The zero-order valence-electron chi connectivity index (χ0n) is 7.57. The first kappa shape index (κ1) is 8.69. The summed E-state index contributed by atoms with van der Waals surface area (Å²) < 4.78 is 5.07. The Balaban J connectivity index is 1.82. The average Bonchev–Trinajstić information content (AvgIpc) is 2.88. The first-order valence-corrected chi connectivity index (χ1v) is 4.83. The highest BCUT2D eigenvalue weighted by molar-refractivity contribution is 5.03. The van der Waals surface area contributed by atoms with Gasteiger partial charge in [-0.1, -0.05) is 5.16 Å². The summed E-state index contributed by atoms with van der Waals surface area (Å²) >= 11 is 0. The van der Waals surface area contributed by atoms with Crippen LogP contribution in [0.5, 0.6) is 0 Å². The Morgan fingerprint density at radius 2 is 2.23 bits per heavy atom. The molecule has 13 heavy (non-hydrogen) atoms. The molecule has 0 aliphatic heterocycles. The average molecular weight is 182 g/mol. The SMILES string of the molecule is OCCCCc1nc(C2CC2)no1. The lowest BCUT2D eigenvalue weighted by molar-refractivity contribution is 0.280. The number of aliphatic hydroxyl groups excluding tert-OH is 1. The quantitative estimate of drug-likeness (QED) is 0.696. The van der Waals surface area contributed by atoms with Crippen molar-refractivity contribution < 1.29 is 9.63 Å². The Hall–Kier alpha value is -0.900. The first-order chi connectivity index (χ1) is 6.40. The minimum absolute atomic E-state index is 0.240. The number of hydrogen-bond donors (Lipinski definition) is 1. The molecule has 0 aromatic carbocycles. The van der Waals surface area contributed by atoms with Gasteiger partial charge in [-0.2, -0.15) is 4.98 Å². The first-order valence-electron chi connectivity index (χ1n) is 4.83. The van der Waals surface area contributed by atoms with E-state index in [1.54, 1.807) is 0 Å². The van der Waals surface area contributed by atoms with Gasteiger partial charge < -0.3 is 9.63 Å². The van der Waals surface area contributed by atoms with Crippen molar-refractivity contribution in [2.45, 2.75) is 38.0 Å². The van der Waals surface area contributed by atoms with Crippen LogP contribution in [0.15, 0.2) is 4.52 Å². The van der Waals surface area contributed by atoms with Crippen LogP contribution in [0, 0.1) is 0 Å². The lowest BCUT2D eigenvalue weighted by atomic mass is 10.2. The lowest BCUT2D eigenvalue weighted by Crippen LogP contribution is -1.89. The molecule has 4 heteroatoms. The predicted octanol–water partition coefficient (Wildman–Crippen LogP) is 1.26. The molecule has 1 aromatic heterocycles. The number of aryl methyl sites for hydroxylation is 1. The third kappa shape index (κ3) is 2.28. The topological polar surface area (TPSA) is 59.2 Å². The number of nitrogens with zero attached hydrogens (tertiary/aromatic N) is 2. The van der Waals surface area contributed by atoms with Crippen molar-refractivity contribution in [3.8, 4) is 0 Å². The summed E-state index contributed by atoms with van der Waals surface area (Å²) in [5, 5.41) is 12.5. The summed E-state index contributed by atoms with van der Waals surface area (Å²) in [6.07, 6.45) is 4.93. The highest BCUT2D eigenvalue weighted by Crippen LogP contribution is 2.38. The smallest absolute Gasteiger partial charge is 0.226 e. The largest absolute Gasteiger partial charge is 0.396 e. The van der Waals surface area contributed by atoms with Crippen LogP contribution in [-0.4, -0.2) is 21.9 Å². The number of unbranched alkanes of at least 4 members (excludes halogenated alkanes) is 1. The van der Waals surface area contributed by atoms with Gasteiger partial charge in [0, 0.05) is 18.9 Å². The van der Waals surface area contributed by atoms with Crippen molar-refractivity contribution >= 4 is 0 Å². The molecule has 2 rings (SSSR count). The number of rotatable bonds is 5. The molecule has 1 fully saturated rings. The van der Waals surface area contributed by atoms with E-state index < -0.39 is 0 Å². The molecule has 72 valence electrons. The van der Waals surface area contributed by atoms with Crippen LogP contribution in [-0.2, 0) is 6.42 Å². The Bertz CT molecular complexity index is 268. The molecule has 1 aliphatic rings. The van der Waals surface area contributed by atoms with Crippen LogP contribution in [0.25, 0.3) is 0 Å². The minimum Gasteiger partial charge on any atom is -0.396 e. The van der Waals surface area contributed by atoms with E-state index in [9.17, 15) is 0 Å². The molecule has 1 aromatic rings. The summed E-state index contributed by atoms with van der Waals surface area (Å²) in [7, 11) is 0. The predicted molar refractivity (Wildman–Crippen MR) is 46.3 cm³/mol. The molecule has 4 nitrogen and oxygen atoms in total. The molecule has 1 N–H and O–H groups in total. The molecule has 1 saturated carbocycles. The van der Waals surface area contributed by atoms with Crippen LogP contribution >= 0.6 is 0 Å². The fraction of sp³-hybridized carbons (Fsp3) is 0.778. The van der Waals surface area contributed by atoms with Crippen molar-refractivity contribution in [1.29, 1.82) is 0 Å². The zero-order valence-corrected chi connectivity index (χ0v) is 7.57. The molecule has 0 amide bonds. The molecule has 0 saturated heterocycles. The van der Waals surface area contributed by atoms with E-state index in [-0.39, 0.29) is 6.61 Å². The molecule has 0 spiro atoms. The molecular weight excluding hydrogens is 168 g/mol. The lowest BCUT2D eigenvalue weighted by Gasteiger charge is -1.90. The van der Waals surface area contributed by atoms with Crippen molar-refractivity contribution in [3.63, 3.8) is 0 Å². The summed E-state index contributed by atoms with van der Waals surface area (Å²) in [4.78, 5) is 4.28. The fourth-order valence-electron chi connectivity index (χ4n) is 1.26. The van der Waals surface area contributed by atoms with Crippen LogP contribution < -0.4 is 0 Å². The molecule has 1 aliphatic carbocycles. The summed E-state index contributed by atoms with van der Waals surface area (Å²) in [6.45, 7) is 0.240. The normalized spacial score (nSPS) is 16.4. The van der Waals surface area contributed by atoms with Gasteiger partial charge in [-0.3, -0.25) is 0 Å². The van der Waals surface area contributed by atoms with Gasteiger partial charge in [-0.05, 0) is 25.7 Å². The van der Waals surface area contributed by atoms with Gasteiger partial charge in [0.25, 0.3) is 0 Å². The standard InChI is InChI=1S/C9H14N2O2/c12-6-2-1-3-8-10-9(11-13-8)7-4-5-7/h7,12H,1-6H2. The van der Waals surface area contributed by atoms with E-state index >= 15 is 0 Å². The van der Waals surface area contributed by atoms with Crippen LogP contribution in [0.1, 0.15) is 43.3 Å². The third-order valence-electron chi connectivity index (χ3n) is 2.23. The van der Waals surface area contributed by atoms with Crippen molar-refractivity contribution in [1.82, 2.24) is 10.1 Å². The Kier molecular flexibility index (Phi) is 2.59. The van der Waals surface area contributed by atoms with E-state index in [2.05, 4.69) is 10.1 Å². The van der Waals surface area contributed by atoms with Gasteiger partial charge in [0.1, 0.15) is 0 Å². The number of hydrogen-bond acceptors (Lipinski definition) is 4. The Morgan fingerprint density at radius 3 is 2.92 bits per heavy atom. The number of aliphatic hydroxyl groups is 1. The second-order valence-corrected chi connectivity index (χ2v) is 3.50. The van der Waals surface area contributed by atoms with Gasteiger partial charge in [0.15, 0.2) is 5.82 Å². The van der Waals surface area contributed by atoms with Crippen LogP contribution in [0.4, 0.5) is 0 Å². The monoisotopic (exact) mass is 182 g/mol. The molecule has 0 bridgehead atoms. The number of aromatic nitrogens is 2. The van der Waals surface area contributed by atoms with Crippen molar-refractivity contribution in [3.05, 3.63) is 11.7 Å². The highest BCUT2D eigenvalue weighted by atomic mass is 16.5. The van der Waals surface area contributed by atoms with Crippen molar-refractivity contribution in [2.24, 2.45) is 0 Å². The summed E-state index contributed by atoms with van der Waals surface area (Å²) in [5.74, 6) is 2.16. The van der Waals surface area contributed by atoms with Crippen LogP contribution in [0.2, 0.25) is 0 Å². The van der Waals surface area contributed by atoms with Crippen molar-refractivity contribution in [2.75, 3.05) is 6.61 Å². The van der Waals surface area contributed by atoms with E-state index in [0.717, 1.165) is 31.0 Å². The van der Waals surface area contributed by atoms with E-state index in [0.29, 0.717) is 5.92 Å². The third-order valence-corrected chi connectivity index (χ3v) is 2.23. The van der Waals surface area contributed by atoms with Gasteiger partial charge >= 0.3 is 0 Å². The Morgan fingerprint density at radius 1 is 1.38 bits per heavy atom. The minimum atomic E-state index is 0.240. The van der Waals surface area contributed by atoms with E-state index in [1.165, 1.54) is 12.8 Å². The van der Waals surface area contributed by atoms with Gasteiger partial charge in [-0.25, -0.2) is 0 Å². The maximum Gasteiger partial charge on any atom is 0.226 e. The van der Waals surface area contributed by atoms with Gasteiger partial charge in [0.05, 0.1) is 0 Å². The summed E-state index contributed by atoms with van der Waals surface area (Å²) in [6, 6.07) is 0. The van der Waals surface area contributed by atoms with E-state index in [1.807, 2.05) is 0 Å². The van der Waals surface area contributed by atoms with Crippen LogP contribution in [0.3, 0.4) is 0 Å². The zero-order chi connectivity index (χ0) is 9.10. The molecule has 1 heterocycles. The molecular formula is C9H14N2O2. The van der Waals surface area contributed by atoms with Gasteiger partial charge in [-0.15, -0.1) is 0 Å². The van der Waals surface area contributed by atoms with E-state index in [4.69, 9.17) is 9.63 Å². The fourth-order valence-corrected chi connectivity index (χ4v) is 1.26. The maximum atomic E-state index is 8.58.